The first kappa shape index (κ1) is 14.5. The number of benzene rings is 1. The van der Waals surface area contributed by atoms with E-state index >= 15 is 0 Å². The summed E-state index contributed by atoms with van der Waals surface area (Å²) in [7, 11) is 0. The summed E-state index contributed by atoms with van der Waals surface area (Å²) >= 11 is 0. The van der Waals surface area contributed by atoms with Crippen LogP contribution in [0.3, 0.4) is 0 Å². The van der Waals surface area contributed by atoms with Crippen molar-refractivity contribution in [3.63, 3.8) is 0 Å². The fourth-order valence-corrected chi connectivity index (χ4v) is 1.98. The zero-order chi connectivity index (χ0) is 14.8. The average molecular weight is 275 g/mol. The maximum Gasteiger partial charge on any atom is 0.320 e. The number of carbonyl (C=O) groups is 1. The van der Waals surface area contributed by atoms with Crippen LogP contribution in [0.15, 0.2) is 18.2 Å². The van der Waals surface area contributed by atoms with Crippen molar-refractivity contribution in [2.45, 2.75) is 39.8 Å². The smallest absolute Gasteiger partial charge is 0.320 e. The zero-order valence-electron chi connectivity index (χ0n) is 12.4. The van der Waals surface area contributed by atoms with Gasteiger partial charge in [0.1, 0.15) is 11.4 Å². The van der Waals surface area contributed by atoms with E-state index in [9.17, 15) is 4.79 Å². The van der Waals surface area contributed by atoms with Gasteiger partial charge in [0, 0.05) is 6.54 Å². The van der Waals surface area contributed by atoms with Crippen LogP contribution in [0.2, 0.25) is 0 Å². The molecule has 0 aliphatic rings. The van der Waals surface area contributed by atoms with Gasteiger partial charge in [-0.15, -0.1) is 0 Å². The molecule has 0 spiro atoms. The molecule has 108 valence electrons. The number of nitrogens with zero attached hydrogens (tertiary/aromatic N) is 1. The number of imidazole rings is 1. The number of hydrogen-bond acceptors (Lipinski definition) is 4. The van der Waals surface area contributed by atoms with Gasteiger partial charge in [-0.1, -0.05) is 6.07 Å². The molecule has 5 heteroatoms. The number of ether oxygens (including phenoxy) is 1. The van der Waals surface area contributed by atoms with Gasteiger partial charge in [0.25, 0.3) is 0 Å². The Bertz CT molecular complexity index is 611. The lowest BCUT2D eigenvalue weighted by molar-refractivity contribution is -0.153. The van der Waals surface area contributed by atoms with Gasteiger partial charge >= 0.3 is 5.97 Å². The molecule has 2 rings (SSSR count). The van der Waals surface area contributed by atoms with Crippen molar-refractivity contribution in [3.8, 4) is 0 Å². The third-order valence-electron chi connectivity index (χ3n) is 2.68. The molecule has 2 aromatic rings. The largest absolute Gasteiger partial charge is 0.459 e. The van der Waals surface area contributed by atoms with Gasteiger partial charge in [0.15, 0.2) is 0 Å². The van der Waals surface area contributed by atoms with Crippen molar-refractivity contribution in [2.75, 3.05) is 6.54 Å². The monoisotopic (exact) mass is 275 g/mol. The highest BCUT2D eigenvalue weighted by Gasteiger charge is 2.15. The number of rotatable bonds is 4. The molecule has 0 saturated heterocycles. The van der Waals surface area contributed by atoms with Crippen LogP contribution in [0.5, 0.6) is 0 Å². The average Bonchev–Trinajstić information content (AvgIpc) is 2.66. The second kappa shape index (κ2) is 5.63. The van der Waals surface area contributed by atoms with Crippen LogP contribution in [-0.4, -0.2) is 28.1 Å². The lowest BCUT2D eigenvalue weighted by atomic mass is 10.2. The number of esters is 1. The summed E-state index contributed by atoms with van der Waals surface area (Å²) in [6, 6.07) is 6.02. The van der Waals surface area contributed by atoms with Crippen LogP contribution in [0.25, 0.3) is 11.0 Å². The van der Waals surface area contributed by atoms with Gasteiger partial charge in [-0.2, -0.15) is 0 Å². The van der Waals surface area contributed by atoms with Crippen LogP contribution in [0.4, 0.5) is 0 Å². The van der Waals surface area contributed by atoms with Gasteiger partial charge < -0.3 is 15.0 Å². The Morgan fingerprint density at radius 2 is 2.15 bits per heavy atom. The minimum Gasteiger partial charge on any atom is -0.459 e. The van der Waals surface area contributed by atoms with E-state index in [1.807, 2.05) is 45.9 Å². The number of fused-ring (bicyclic) bond motifs is 1. The molecule has 1 aromatic carbocycles. The summed E-state index contributed by atoms with van der Waals surface area (Å²) < 4.78 is 5.23. The maximum atomic E-state index is 11.6. The first-order chi connectivity index (χ1) is 9.33. The van der Waals surface area contributed by atoms with E-state index in [1.54, 1.807) is 0 Å². The van der Waals surface area contributed by atoms with Crippen molar-refractivity contribution in [2.24, 2.45) is 0 Å². The molecule has 2 N–H and O–H groups in total. The fourth-order valence-electron chi connectivity index (χ4n) is 1.98. The lowest BCUT2D eigenvalue weighted by Gasteiger charge is -2.19. The molecular formula is C15H21N3O2. The standard InChI is InChI=1S/C15H21N3O2/c1-10-17-12-6-5-11(7-13(12)18-10)8-16-9-14(19)20-15(2,3)4/h5-7,16H,8-9H2,1-4H3,(H,17,18). The van der Waals surface area contributed by atoms with E-state index in [0.717, 1.165) is 22.4 Å². The Kier molecular flexibility index (Phi) is 4.09. The number of aromatic nitrogens is 2. The van der Waals surface area contributed by atoms with Crippen LogP contribution < -0.4 is 5.32 Å². The van der Waals surface area contributed by atoms with Gasteiger partial charge in [0.2, 0.25) is 0 Å². The van der Waals surface area contributed by atoms with E-state index in [1.165, 1.54) is 0 Å². The highest BCUT2D eigenvalue weighted by atomic mass is 16.6. The molecule has 0 aliphatic heterocycles. The van der Waals surface area contributed by atoms with Gasteiger partial charge in [-0.3, -0.25) is 4.79 Å². The Morgan fingerprint density at radius 3 is 2.85 bits per heavy atom. The Morgan fingerprint density at radius 1 is 1.40 bits per heavy atom. The molecule has 1 aromatic heterocycles. The SMILES string of the molecule is Cc1nc2ccc(CNCC(=O)OC(C)(C)C)cc2[nH]1. The molecule has 0 fully saturated rings. The van der Waals surface area contributed by atoms with E-state index < -0.39 is 5.60 Å². The first-order valence-electron chi connectivity index (χ1n) is 6.71. The second-order valence-electron chi connectivity index (χ2n) is 5.86. The molecule has 0 atom stereocenters. The topological polar surface area (TPSA) is 67.0 Å². The number of hydrogen-bond donors (Lipinski definition) is 2. The molecule has 0 bridgehead atoms. The number of carbonyl (C=O) groups excluding carboxylic acids is 1. The zero-order valence-corrected chi connectivity index (χ0v) is 12.4. The van der Waals surface area contributed by atoms with E-state index in [2.05, 4.69) is 15.3 Å². The maximum absolute atomic E-state index is 11.6. The highest BCUT2D eigenvalue weighted by molar-refractivity contribution is 5.76. The number of nitrogens with one attached hydrogen (secondary N) is 2. The van der Waals surface area contributed by atoms with Crippen molar-refractivity contribution < 1.29 is 9.53 Å². The van der Waals surface area contributed by atoms with Crippen LogP contribution in [-0.2, 0) is 16.1 Å². The molecule has 0 radical (unpaired) electrons. The Balaban J connectivity index is 1.88. The van der Waals surface area contributed by atoms with Crippen molar-refractivity contribution in [3.05, 3.63) is 29.6 Å². The van der Waals surface area contributed by atoms with E-state index in [0.29, 0.717) is 6.54 Å². The fraction of sp³-hybridized carbons (Fsp3) is 0.467. The molecule has 1 heterocycles. The van der Waals surface area contributed by atoms with Crippen LogP contribution in [0.1, 0.15) is 32.2 Å². The minimum absolute atomic E-state index is 0.206. The molecular weight excluding hydrogens is 254 g/mol. The second-order valence-corrected chi connectivity index (χ2v) is 5.86. The summed E-state index contributed by atoms with van der Waals surface area (Å²) in [6.45, 7) is 8.34. The third kappa shape index (κ3) is 4.06. The van der Waals surface area contributed by atoms with E-state index in [-0.39, 0.29) is 12.5 Å². The minimum atomic E-state index is -0.439. The number of H-pyrrole nitrogens is 1. The molecule has 0 amide bonds. The summed E-state index contributed by atoms with van der Waals surface area (Å²) in [6.07, 6.45) is 0. The van der Waals surface area contributed by atoms with Crippen LogP contribution >= 0.6 is 0 Å². The molecule has 20 heavy (non-hydrogen) atoms. The predicted molar refractivity (Wildman–Crippen MR) is 78.4 cm³/mol. The first-order valence-corrected chi connectivity index (χ1v) is 6.71. The lowest BCUT2D eigenvalue weighted by Crippen LogP contribution is -2.31. The molecule has 0 saturated carbocycles. The van der Waals surface area contributed by atoms with Crippen molar-refractivity contribution in [1.82, 2.24) is 15.3 Å². The predicted octanol–water partition coefficient (Wildman–Crippen LogP) is 2.30. The Hall–Kier alpha value is -1.88. The molecule has 5 nitrogen and oxygen atoms in total. The molecule has 0 unspecified atom stereocenters. The third-order valence-corrected chi connectivity index (χ3v) is 2.68. The summed E-state index contributed by atoms with van der Waals surface area (Å²) in [5.41, 5.74) is 2.63. The Labute approximate surface area is 118 Å². The van der Waals surface area contributed by atoms with Gasteiger partial charge in [-0.05, 0) is 45.4 Å². The summed E-state index contributed by atoms with van der Waals surface area (Å²) in [5.74, 6) is 0.662. The van der Waals surface area contributed by atoms with Gasteiger partial charge in [-0.25, -0.2) is 4.98 Å². The van der Waals surface area contributed by atoms with Gasteiger partial charge in [0.05, 0.1) is 17.6 Å². The van der Waals surface area contributed by atoms with E-state index in [4.69, 9.17) is 4.74 Å². The summed E-state index contributed by atoms with van der Waals surface area (Å²) in [4.78, 5) is 19.1. The number of aromatic amines is 1. The normalized spacial score (nSPS) is 11.8. The highest BCUT2D eigenvalue weighted by Crippen LogP contribution is 2.13. The summed E-state index contributed by atoms with van der Waals surface area (Å²) in [5, 5.41) is 3.09. The number of aryl methyl sites for hydroxylation is 1. The quantitative estimate of drug-likeness (QED) is 0.840. The van der Waals surface area contributed by atoms with Crippen molar-refractivity contribution in [1.29, 1.82) is 0 Å². The molecule has 0 aliphatic carbocycles. The van der Waals surface area contributed by atoms with Crippen molar-refractivity contribution >= 4 is 17.0 Å². The van der Waals surface area contributed by atoms with Crippen LogP contribution in [0, 0.1) is 6.92 Å².